The Kier molecular flexibility index (Phi) is 6.29. The van der Waals surface area contributed by atoms with Gasteiger partial charge in [-0.05, 0) is 49.7 Å². The summed E-state index contributed by atoms with van der Waals surface area (Å²) in [6.07, 6.45) is 1.75. The van der Waals surface area contributed by atoms with Crippen LogP contribution in [0.3, 0.4) is 0 Å². The van der Waals surface area contributed by atoms with E-state index >= 15 is 0 Å². The minimum atomic E-state index is -0.263. The van der Waals surface area contributed by atoms with Crippen LogP contribution in [0.5, 0.6) is 5.75 Å². The second kappa shape index (κ2) is 9.68. The molecule has 2 aromatic heterocycles. The van der Waals surface area contributed by atoms with Crippen molar-refractivity contribution in [2.45, 2.75) is 19.9 Å². The van der Waals surface area contributed by atoms with Gasteiger partial charge in [0.15, 0.2) is 6.61 Å². The highest BCUT2D eigenvalue weighted by atomic mass is 32.1. The number of aromatic nitrogens is 2. The van der Waals surface area contributed by atoms with Crippen LogP contribution in [-0.4, -0.2) is 34.9 Å². The Labute approximate surface area is 207 Å². The summed E-state index contributed by atoms with van der Waals surface area (Å²) in [6, 6.07) is 20.9. The summed E-state index contributed by atoms with van der Waals surface area (Å²) in [7, 11) is 0. The molecule has 1 N–H and O–H groups in total. The topological polar surface area (TPSA) is 84.4 Å². The maximum absolute atomic E-state index is 12.9. The number of fused-ring (bicyclic) bond motifs is 1. The predicted octanol–water partition coefficient (Wildman–Crippen LogP) is 4.78. The Hall–Kier alpha value is -4.04. The van der Waals surface area contributed by atoms with Crippen LogP contribution in [-0.2, 0) is 9.59 Å². The van der Waals surface area contributed by atoms with E-state index < -0.39 is 0 Å². The number of carbonyl (C=O) groups excluding carboxylic acids is 2. The van der Waals surface area contributed by atoms with Gasteiger partial charge in [-0.3, -0.25) is 19.5 Å². The van der Waals surface area contributed by atoms with Crippen molar-refractivity contribution in [2.75, 3.05) is 18.1 Å². The van der Waals surface area contributed by atoms with E-state index in [0.29, 0.717) is 11.4 Å². The standard InChI is InChI=1S/C27H24N4O3S/c1-17(19-8-4-3-5-9-19)29-24(32)15-31-22-14-20(11-12-23(22)34-16-25(31)33)26-18(2)35-27(30-26)21-10-6-7-13-28-21/h3-14,17H,15-16H2,1-2H3,(H,29,32). The average molecular weight is 485 g/mol. The second-order valence-electron chi connectivity index (χ2n) is 8.29. The monoisotopic (exact) mass is 484 g/mol. The molecule has 1 aliphatic rings. The molecule has 0 fully saturated rings. The van der Waals surface area contributed by atoms with Gasteiger partial charge < -0.3 is 10.1 Å². The number of thiazole rings is 1. The lowest BCUT2D eigenvalue weighted by molar-refractivity contribution is -0.125. The van der Waals surface area contributed by atoms with Crippen LogP contribution < -0.4 is 15.0 Å². The van der Waals surface area contributed by atoms with Gasteiger partial charge in [0.2, 0.25) is 5.91 Å². The molecule has 8 heteroatoms. The van der Waals surface area contributed by atoms with Crippen LogP contribution in [0.4, 0.5) is 5.69 Å². The minimum absolute atomic E-state index is 0.0922. The second-order valence-corrected chi connectivity index (χ2v) is 9.49. The molecule has 5 rings (SSSR count). The van der Waals surface area contributed by atoms with Gasteiger partial charge in [0.1, 0.15) is 17.3 Å². The zero-order valence-corrected chi connectivity index (χ0v) is 20.2. The largest absolute Gasteiger partial charge is 0.482 e. The molecule has 1 atom stereocenters. The number of benzene rings is 2. The van der Waals surface area contributed by atoms with Crippen LogP contribution in [0.15, 0.2) is 72.9 Å². The van der Waals surface area contributed by atoms with E-state index in [1.807, 2.05) is 80.6 Å². The first-order chi connectivity index (χ1) is 17.0. The van der Waals surface area contributed by atoms with Gasteiger partial charge in [-0.25, -0.2) is 4.98 Å². The van der Waals surface area contributed by atoms with Gasteiger partial charge in [-0.1, -0.05) is 36.4 Å². The van der Waals surface area contributed by atoms with Crippen molar-refractivity contribution in [2.24, 2.45) is 0 Å². The lowest BCUT2D eigenvalue weighted by Crippen LogP contribution is -2.45. The van der Waals surface area contributed by atoms with Crippen molar-refractivity contribution in [3.63, 3.8) is 0 Å². The third-order valence-corrected chi connectivity index (χ3v) is 6.83. The van der Waals surface area contributed by atoms with Crippen LogP contribution in [0, 0.1) is 6.92 Å². The molecular weight excluding hydrogens is 460 g/mol. The number of amides is 2. The zero-order chi connectivity index (χ0) is 24.4. The molecule has 2 amide bonds. The summed E-state index contributed by atoms with van der Waals surface area (Å²) < 4.78 is 5.64. The van der Waals surface area contributed by atoms with Crippen molar-refractivity contribution < 1.29 is 14.3 Å². The lowest BCUT2D eigenvalue weighted by Gasteiger charge is -2.29. The van der Waals surface area contributed by atoms with Crippen LogP contribution in [0.1, 0.15) is 23.4 Å². The number of carbonyl (C=O) groups is 2. The fourth-order valence-electron chi connectivity index (χ4n) is 4.04. The lowest BCUT2D eigenvalue weighted by atomic mass is 10.1. The fraction of sp³-hybridized carbons (Fsp3) is 0.185. The third kappa shape index (κ3) is 4.79. The Bertz CT molecular complexity index is 1370. The first-order valence-electron chi connectivity index (χ1n) is 11.3. The zero-order valence-electron chi connectivity index (χ0n) is 19.4. The van der Waals surface area contributed by atoms with E-state index in [1.54, 1.807) is 17.5 Å². The molecule has 35 heavy (non-hydrogen) atoms. The van der Waals surface area contributed by atoms with Crippen LogP contribution in [0.25, 0.3) is 22.0 Å². The van der Waals surface area contributed by atoms with Crippen molar-refractivity contribution in [3.05, 3.63) is 83.4 Å². The Morgan fingerprint density at radius 1 is 1.14 bits per heavy atom. The normalized spacial score (nSPS) is 13.7. The molecular formula is C27H24N4O3S. The number of pyridine rings is 1. The van der Waals surface area contributed by atoms with E-state index in [9.17, 15) is 9.59 Å². The average Bonchev–Trinajstić information content (AvgIpc) is 3.28. The van der Waals surface area contributed by atoms with Gasteiger partial charge in [0.05, 0.1) is 23.1 Å². The molecule has 2 aromatic carbocycles. The van der Waals surface area contributed by atoms with E-state index in [1.165, 1.54) is 4.90 Å². The Morgan fingerprint density at radius 2 is 1.94 bits per heavy atom. The van der Waals surface area contributed by atoms with E-state index in [-0.39, 0.29) is 31.0 Å². The minimum Gasteiger partial charge on any atom is -0.482 e. The van der Waals surface area contributed by atoms with Crippen LogP contribution in [0.2, 0.25) is 0 Å². The number of nitrogens with zero attached hydrogens (tertiary/aromatic N) is 3. The molecule has 0 spiro atoms. The number of ether oxygens (including phenoxy) is 1. The number of nitrogens with one attached hydrogen (secondary N) is 1. The molecule has 0 bridgehead atoms. The predicted molar refractivity (Wildman–Crippen MR) is 136 cm³/mol. The third-order valence-electron chi connectivity index (χ3n) is 5.83. The summed E-state index contributed by atoms with van der Waals surface area (Å²) in [5, 5.41) is 3.81. The SMILES string of the molecule is Cc1sc(-c2ccccn2)nc1-c1ccc2c(c1)N(CC(=O)NC(C)c1ccccc1)C(=O)CO2. The summed E-state index contributed by atoms with van der Waals surface area (Å²) in [5.41, 5.74) is 4.04. The Balaban J connectivity index is 1.40. The molecule has 3 heterocycles. The molecule has 0 radical (unpaired) electrons. The molecule has 0 saturated heterocycles. The van der Waals surface area contributed by atoms with Gasteiger partial charge in [0, 0.05) is 16.6 Å². The summed E-state index contributed by atoms with van der Waals surface area (Å²) in [5.74, 6) is 0.0617. The van der Waals surface area contributed by atoms with E-state index in [0.717, 1.165) is 32.4 Å². The molecule has 4 aromatic rings. The fourth-order valence-corrected chi connectivity index (χ4v) is 4.95. The molecule has 0 saturated carbocycles. The van der Waals surface area contributed by atoms with Crippen molar-refractivity contribution in [1.82, 2.24) is 15.3 Å². The maximum atomic E-state index is 12.9. The van der Waals surface area contributed by atoms with Gasteiger partial charge in [-0.2, -0.15) is 0 Å². The Morgan fingerprint density at radius 3 is 2.71 bits per heavy atom. The summed E-state index contributed by atoms with van der Waals surface area (Å²) in [6.45, 7) is 3.74. The first-order valence-corrected chi connectivity index (χ1v) is 12.1. The van der Waals surface area contributed by atoms with E-state index in [4.69, 9.17) is 9.72 Å². The number of anilines is 1. The highest BCUT2D eigenvalue weighted by molar-refractivity contribution is 7.15. The summed E-state index contributed by atoms with van der Waals surface area (Å²) in [4.78, 5) is 37.3. The molecule has 0 aliphatic carbocycles. The summed E-state index contributed by atoms with van der Waals surface area (Å²) >= 11 is 1.57. The highest BCUT2D eigenvalue weighted by Crippen LogP contribution is 2.39. The van der Waals surface area contributed by atoms with Crippen molar-refractivity contribution >= 4 is 28.8 Å². The number of rotatable bonds is 6. The number of aryl methyl sites for hydroxylation is 1. The number of hydrogen-bond acceptors (Lipinski definition) is 6. The van der Waals surface area contributed by atoms with Crippen molar-refractivity contribution in [3.8, 4) is 27.7 Å². The molecule has 1 aliphatic heterocycles. The highest BCUT2D eigenvalue weighted by Gasteiger charge is 2.28. The maximum Gasteiger partial charge on any atom is 0.265 e. The molecule has 1 unspecified atom stereocenters. The van der Waals surface area contributed by atoms with E-state index in [2.05, 4.69) is 10.3 Å². The molecule has 176 valence electrons. The first kappa shape index (κ1) is 22.7. The van der Waals surface area contributed by atoms with Gasteiger partial charge >= 0.3 is 0 Å². The van der Waals surface area contributed by atoms with Gasteiger partial charge in [-0.15, -0.1) is 11.3 Å². The van der Waals surface area contributed by atoms with Gasteiger partial charge in [0.25, 0.3) is 5.91 Å². The molecule has 7 nitrogen and oxygen atoms in total. The number of hydrogen-bond donors (Lipinski definition) is 1. The van der Waals surface area contributed by atoms with Crippen LogP contribution >= 0.6 is 11.3 Å². The van der Waals surface area contributed by atoms with Crippen molar-refractivity contribution in [1.29, 1.82) is 0 Å². The smallest absolute Gasteiger partial charge is 0.265 e. The quantitative estimate of drug-likeness (QED) is 0.426.